The van der Waals surface area contributed by atoms with Gasteiger partial charge in [0, 0.05) is 15.4 Å². The van der Waals surface area contributed by atoms with Gasteiger partial charge in [-0.3, -0.25) is 0 Å². The van der Waals surface area contributed by atoms with Crippen LogP contribution < -0.4 is 0 Å². The molecule has 2 aromatic rings. The van der Waals surface area contributed by atoms with E-state index in [2.05, 4.69) is 20.9 Å². The van der Waals surface area contributed by atoms with Crippen LogP contribution in [0, 0.1) is 5.82 Å². The molecule has 0 aliphatic heterocycles. The van der Waals surface area contributed by atoms with Gasteiger partial charge < -0.3 is 5.11 Å². The molecule has 0 aliphatic carbocycles. The van der Waals surface area contributed by atoms with Gasteiger partial charge in [-0.25, -0.2) is 14.2 Å². The molecule has 6 heteroatoms. The van der Waals surface area contributed by atoms with Crippen LogP contribution in [0.2, 0.25) is 0 Å². The van der Waals surface area contributed by atoms with E-state index in [9.17, 15) is 9.18 Å². The van der Waals surface area contributed by atoms with Crippen LogP contribution in [0.25, 0.3) is 10.6 Å². The van der Waals surface area contributed by atoms with Gasteiger partial charge in [0.15, 0.2) is 5.69 Å². The van der Waals surface area contributed by atoms with Crippen molar-refractivity contribution in [2.24, 2.45) is 0 Å². The Bertz CT molecular complexity index is 556. The standard InChI is InChI=1S/C10H5BrFNO2S/c11-5-1-2-6(7(12)3-5)9-13-8(4-16-9)10(14)15/h1-4H,(H,14,15). The first kappa shape index (κ1) is 11.2. The summed E-state index contributed by atoms with van der Waals surface area (Å²) in [7, 11) is 0. The van der Waals surface area contributed by atoms with E-state index in [1.54, 1.807) is 12.1 Å². The molecule has 82 valence electrons. The fraction of sp³-hybridized carbons (Fsp3) is 0. The van der Waals surface area contributed by atoms with Crippen molar-refractivity contribution in [1.29, 1.82) is 0 Å². The highest BCUT2D eigenvalue weighted by atomic mass is 79.9. The molecule has 1 heterocycles. The number of thiazole rings is 1. The summed E-state index contributed by atoms with van der Waals surface area (Å²) in [5.74, 6) is -1.54. The summed E-state index contributed by atoms with van der Waals surface area (Å²) >= 11 is 4.25. The molecule has 1 N–H and O–H groups in total. The molecule has 0 bridgehead atoms. The number of aromatic nitrogens is 1. The number of aromatic carboxylic acids is 1. The van der Waals surface area contributed by atoms with Crippen LogP contribution in [0.1, 0.15) is 10.5 Å². The molecule has 0 atom stereocenters. The van der Waals surface area contributed by atoms with Gasteiger partial charge in [-0.05, 0) is 18.2 Å². The average Bonchev–Trinajstić information content (AvgIpc) is 2.66. The van der Waals surface area contributed by atoms with Gasteiger partial charge in [0.05, 0.1) is 0 Å². The van der Waals surface area contributed by atoms with Gasteiger partial charge in [0.1, 0.15) is 10.8 Å². The maximum atomic E-state index is 13.5. The molecule has 0 radical (unpaired) electrons. The fourth-order valence-corrected chi connectivity index (χ4v) is 2.31. The van der Waals surface area contributed by atoms with Gasteiger partial charge in [0.2, 0.25) is 0 Å². The number of nitrogens with zero attached hydrogens (tertiary/aromatic N) is 1. The third-order valence-corrected chi connectivity index (χ3v) is 3.25. The predicted octanol–water partition coefficient (Wildman–Crippen LogP) is 3.41. The molecule has 0 fully saturated rings. The molecule has 0 saturated heterocycles. The Morgan fingerprint density at radius 1 is 1.50 bits per heavy atom. The highest BCUT2D eigenvalue weighted by molar-refractivity contribution is 9.10. The minimum atomic E-state index is -1.11. The number of carboxylic acid groups (broad SMARTS) is 1. The van der Waals surface area contributed by atoms with Crippen molar-refractivity contribution in [3.8, 4) is 10.6 Å². The molecule has 2 rings (SSSR count). The lowest BCUT2D eigenvalue weighted by atomic mass is 10.2. The summed E-state index contributed by atoms with van der Waals surface area (Å²) in [5, 5.41) is 10.5. The maximum absolute atomic E-state index is 13.5. The zero-order valence-electron chi connectivity index (χ0n) is 7.78. The molecule has 0 saturated carbocycles. The van der Waals surface area contributed by atoms with Gasteiger partial charge in [-0.2, -0.15) is 0 Å². The quantitative estimate of drug-likeness (QED) is 0.925. The molecule has 0 unspecified atom stereocenters. The number of halogens is 2. The van der Waals surface area contributed by atoms with Crippen LogP contribution in [0.4, 0.5) is 4.39 Å². The second-order valence-corrected chi connectivity index (χ2v) is 4.74. The van der Waals surface area contributed by atoms with Crippen LogP contribution >= 0.6 is 27.3 Å². The minimum absolute atomic E-state index is 0.0673. The predicted molar refractivity (Wildman–Crippen MR) is 62.2 cm³/mol. The molecule has 3 nitrogen and oxygen atoms in total. The van der Waals surface area contributed by atoms with Crippen LogP contribution in [0.3, 0.4) is 0 Å². The maximum Gasteiger partial charge on any atom is 0.355 e. The number of rotatable bonds is 2. The van der Waals surface area contributed by atoms with Crippen molar-refractivity contribution in [3.63, 3.8) is 0 Å². The van der Waals surface area contributed by atoms with Crippen molar-refractivity contribution in [2.45, 2.75) is 0 Å². The van der Waals surface area contributed by atoms with Crippen molar-refractivity contribution in [2.75, 3.05) is 0 Å². The smallest absolute Gasteiger partial charge is 0.355 e. The Morgan fingerprint density at radius 2 is 2.25 bits per heavy atom. The third-order valence-electron chi connectivity index (χ3n) is 1.88. The summed E-state index contributed by atoms with van der Waals surface area (Å²) in [6.07, 6.45) is 0. The lowest BCUT2D eigenvalue weighted by Crippen LogP contribution is -1.95. The topological polar surface area (TPSA) is 50.2 Å². The average molecular weight is 302 g/mol. The lowest BCUT2D eigenvalue weighted by Gasteiger charge is -1.98. The van der Waals surface area contributed by atoms with Crippen LogP contribution in [0.15, 0.2) is 28.1 Å². The Labute approximate surface area is 103 Å². The van der Waals surface area contributed by atoms with E-state index < -0.39 is 11.8 Å². The summed E-state index contributed by atoms with van der Waals surface area (Å²) in [5.41, 5.74) is 0.239. The van der Waals surface area contributed by atoms with Gasteiger partial charge in [-0.15, -0.1) is 11.3 Å². The zero-order valence-corrected chi connectivity index (χ0v) is 10.2. The third kappa shape index (κ3) is 2.12. The summed E-state index contributed by atoms with van der Waals surface area (Å²) in [4.78, 5) is 14.5. The molecular weight excluding hydrogens is 297 g/mol. The lowest BCUT2D eigenvalue weighted by molar-refractivity contribution is 0.0691. The number of carbonyl (C=O) groups is 1. The van der Waals surface area contributed by atoms with E-state index >= 15 is 0 Å². The van der Waals surface area contributed by atoms with E-state index in [4.69, 9.17) is 5.11 Å². The minimum Gasteiger partial charge on any atom is -0.476 e. The Kier molecular flexibility index (Phi) is 3.02. The number of hydrogen-bond acceptors (Lipinski definition) is 3. The number of benzene rings is 1. The SMILES string of the molecule is O=C(O)c1csc(-c2ccc(Br)cc2F)n1. The Balaban J connectivity index is 2.46. The molecule has 0 spiro atoms. The first-order valence-corrected chi connectivity index (χ1v) is 5.89. The van der Waals surface area contributed by atoms with Crippen molar-refractivity contribution < 1.29 is 14.3 Å². The second kappa shape index (κ2) is 4.31. The van der Waals surface area contributed by atoms with Crippen molar-refractivity contribution >= 4 is 33.2 Å². The normalized spacial score (nSPS) is 10.4. The number of carboxylic acids is 1. The van der Waals surface area contributed by atoms with E-state index in [1.807, 2.05) is 0 Å². The number of hydrogen-bond donors (Lipinski definition) is 1. The molecule has 1 aromatic carbocycles. The van der Waals surface area contributed by atoms with Crippen LogP contribution in [-0.4, -0.2) is 16.1 Å². The van der Waals surface area contributed by atoms with Crippen molar-refractivity contribution in [3.05, 3.63) is 39.6 Å². The molecular formula is C10H5BrFNO2S. The first-order valence-electron chi connectivity index (χ1n) is 4.22. The summed E-state index contributed by atoms with van der Waals surface area (Å²) in [6, 6.07) is 4.56. The van der Waals surface area contributed by atoms with E-state index in [0.29, 0.717) is 15.0 Å². The van der Waals surface area contributed by atoms with Crippen molar-refractivity contribution in [1.82, 2.24) is 4.98 Å². The van der Waals surface area contributed by atoms with Crippen LogP contribution in [-0.2, 0) is 0 Å². The molecule has 16 heavy (non-hydrogen) atoms. The molecule has 0 aliphatic rings. The molecule has 0 amide bonds. The first-order chi connectivity index (χ1) is 7.58. The summed E-state index contributed by atoms with van der Waals surface area (Å²) in [6.45, 7) is 0. The summed E-state index contributed by atoms with van der Waals surface area (Å²) < 4.78 is 14.2. The largest absolute Gasteiger partial charge is 0.476 e. The fourth-order valence-electron chi connectivity index (χ4n) is 1.16. The highest BCUT2D eigenvalue weighted by Gasteiger charge is 2.13. The highest BCUT2D eigenvalue weighted by Crippen LogP contribution is 2.28. The second-order valence-electron chi connectivity index (χ2n) is 2.97. The van der Waals surface area contributed by atoms with Gasteiger partial charge in [-0.1, -0.05) is 15.9 Å². The van der Waals surface area contributed by atoms with E-state index in [1.165, 1.54) is 11.4 Å². The monoisotopic (exact) mass is 301 g/mol. The van der Waals surface area contributed by atoms with Gasteiger partial charge in [0.25, 0.3) is 0 Å². The Morgan fingerprint density at radius 3 is 2.81 bits per heavy atom. The molecule has 1 aromatic heterocycles. The van der Waals surface area contributed by atoms with E-state index in [0.717, 1.165) is 11.3 Å². The van der Waals surface area contributed by atoms with E-state index in [-0.39, 0.29) is 5.69 Å². The van der Waals surface area contributed by atoms with Gasteiger partial charge >= 0.3 is 5.97 Å². The Hall–Kier alpha value is -1.27. The zero-order chi connectivity index (χ0) is 11.7. The van der Waals surface area contributed by atoms with Crippen LogP contribution in [0.5, 0.6) is 0 Å².